The Morgan fingerprint density at radius 2 is 1.82 bits per heavy atom. The summed E-state index contributed by atoms with van der Waals surface area (Å²) in [7, 11) is 0. The van der Waals surface area contributed by atoms with Crippen LogP contribution in [0.5, 0.6) is 5.75 Å². The highest BCUT2D eigenvalue weighted by molar-refractivity contribution is 9.10. The summed E-state index contributed by atoms with van der Waals surface area (Å²) in [6, 6.07) is 24.8. The molecule has 1 N–H and O–H groups in total. The van der Waals surface area contributed by atoms with Crippen LogP contribution in [0, 0.1) is 0 Å². The van der Waals surface area contributed by atoms with E-state index in [1.54, 1.807) is 23.0 Å². The standard InChI is InChI=1S/C26H19BrClN3O3/c27-22-15-31(14-17-8-10-19(28)11-9-17)30-25(22)29-26(32)24-13-12-20(34-24)16-33-23-7-3-5-18-4-1-2-6-21(18)23/h1-13,15H,14,16H2,(H,29,30,32). The summed E-state index contributed by atoms with van der Waals surface area (Å²) < 4.78 is 14.0. The fourth-order valence-corrected chi connectivity index (χ4v) is 4.10. The lowest BCUT2D eigenvalue weighted by atomic mass is 10.1. The van der Waals surface area contributed by atoms with Gasteiger partial charge in [-0.05, 0) is 57.2 Å². The topological polar surface area (TPSA) is 69.3 Å². The highest BCUT2D eigenvalue weighted by atomic mass is 79.9. The molecule has 0 spiro atoms. The Balaban J connectivity index is 1.23. The third-order valence-electron chi connectivity index (χ3n) is 5.21. The summed E-state index contributed by atoms with van der Waals surface area (Å²) in [4.78, 5) is 12.7. The van der Waals surface area contributed by atoms with Crippen molar-refractivity contribution in [1.29, 1.82) is 0 Å². The van der Waals surface area contributed by atoms with Gasteiger partial charge in [-0.2, -0.15) is 5.10 Å². The van der Waals surface area contributed by atoms with Crippen molar-refractivity contribution in [2.45, 2.75) is 13.2 Å². The van der Waals surface area contributed by atoms with Crippen molar-refractivity contribution < 1.29 is 13.9 Å². The van der Waals surface area contributed by atoms with Gasteiger partial charge in [-0.25, -0.2) is 0 Å². The van der Waals surface area contributed by atoms with E-state index in [1.807, 2.05) is 66.7 Å². The fourth-order valence-electron chi connectivity index (χ4n) is 3.56. The fraction of sp³-hybridized carbons (Fsp3) is 0.0769. The Kier molecular flexibility index (Phi) is 6.38. The van der Waals surface area contributed by atoms with Gasteiger partial charge < -0.3 is 14.5 Å². The highest BCUT2D eigenvalue weighted by Crippen LogP contribution is 2.26. The number of carbonyl (C=O) groups excluding carboxylic acids is 1. The predicted molar refractivity (Wildman–Crippen MR) is 135 cm³/mol. The first kappa shape index (κ1) is 22.3. The summed E-state index contributed by atoms with van der Waals surface area (Å²) >= 11 is 9.39. The lowest BCUT2D eigenvalue weighted by molar-refractivity contribution is 0.0992. The molecule has 6 nitrogen and oxygen atoms in total. The number of hydrogen-bond donors (Lipinski definition) is 1. The summed E-state index contributed by atoms with van der Waals surface area (Å²) in [5.74, 6) is 1.49. The van der Waals surface area contributed by atoms with Gasteiger partial charge in [0, 0.05) is 16.6 Å². The lowest BCUT2D eigenvalue weighted by Gasteiger charge is -2.08. The van der Waals surface area contributed by atoms with Crippen molar-refractivity contribution >= 4 is 50.0 Å². The first-order chi connectivity index (χ1) is 16.5. The molecule has 34 heavy (non-hydrogen) atoms. The van der Waals surface area contributed by atoms with Crippen LogP contribution in [0.1, 0.15) is 21.9 Å². The minimum absolute atomic E-state index is 0.177. The molecule has 3 aromatic carbocycles. The number of ether oxygens (including phenoxy) is 1. The van der Waals surface area contributed by atoms with E-state index in [1.165, 1.54) is 0 Å². The van der Waals surface area contributed by atoms with Crippen LogP contribution in [0.3, 0.4) is 0 Å². The number of rotatable bonds is 7. The van der Waals surface area contributed by atoms with Crippen LogP contribution in [-0.2, 0) is 13.2 Å². The Labute approximate surface area is 209 Å². The van der Waals surface area contributed by atoms with Gasteiger partial charge in [0.15, 0.2) is 11.6 Å². The molecular weight excluding hydrogens is 518 g/mol. The molecule has 0 atom stereocenters. The van der Waals surface area contributed by atoms with Gasteiger partial charge >= 0.3 is 0 Å². The average Bonchev–Trinajstić information content (AvgIpc) is 3.46. The molecule has 0 unspecified atom stereocenters. The van der Waals surface area contributed by atoms with Crippen molar-refractivity contribution in [1.82, 2.24) is 9.78 Å². The van der Waals surface area contributed by atoms with E-state index in [9.17, 15) is 4.79 Å². The molecule has 0 aliphatic carbocycles. The number of aromatic nitrogens is 2. The summed E-state index contributed by atoms with van der Waals surface area (Å²) in [5, 5.41) is 10.0. The van der Waals surface area contributed by atoms with Crippen molar-refractivity contribution in [2.75, 3.05) is 5.32 Å². The molecule has 0 aliphatic heterocycles. The molecule has 2 heterocycles. The SMILES string of the molecule is O=C(Nc1nn(Cc2ccc(Cl)cc2)cc1Br)c1ccc(COc2cccc3ccccc23)o1. The van der Waals surface area contributed by atoms with Gasteiger partial charge in [-0.15, -0.1) is 0 Å². The third kappa shape index (κ3) is 5.00. The van der Waals surface area contributed by atoms with Crippen molar-refractivity contribution in [3.63, 3.8) is 0 Å². The normalized spacial score (nSPS) is 11.0. The summed E-state index contributed by atoms with van der Waals surface area (Å²) in [5.41, 5.74) is 1.04. The molecule has 5 rings (SSSR count). The molecule has 0 radical (unpaired) electrons. The Bertz CT molecular complexity index is 1450. The average molecular weight is 537 g/mol. The number of benzene rings is 3. The predicted octanol–water partition coefficient (Wildman–Crippen LogP) is 6.92. The second-order valence-corrected chi connectivity index (χ2v) is 8.93. The molecule has 5 aromatic rings. The van der Waals surface area contributed by atoms with Gasteiger partial charge in [-0.1, -0.05) is 60.1 Å². The highest BCUT2D eigenvalue weighted by Gasteiger charge is 2.16. The van der Waals surface area contributed by atoms with Crippen LogP contribution in [0.4, 0.5) is 5.82 Å². The van der Waals surface area contributed by atoms with Gasteiger partial charge in [0.05, 0.1) is 11.0 Å². The number of anilines is 1. The number of hydrogen-bond acceptors (Lipinski definition) is 4. The molecule has 0 aliphatic rings. The number of fused-ring (bicyclic) bond motifs is 1. The lowest BCUT2D eigenvalue weighted by Crippen LogP contribution is -2.12. The largest absolute Gasteiger partial charge is 0.485 e. The molecule has 0 saturated heterocycles. The first-order valence-corrected chi connectivity index (χ1v) is 11.7. The van der Waals surface area contributed by atoms with E-state index in [0.717, 1.165) is 22.1 Å². The smallest absolute Gasteiger partial charge is 0.292 e. The molecule has 170 valence electrons. The second-order valence-electron chi connectivity index (χ2n) is 7.64. The maximum absolute atomic E-state index is 12.7. The zero-order valence-corrected chi connectivity index (χ0v) is 20.2. The van der Waals surface area contributed by atoms with E-state index in [4.69, 9.17) is 20.8 Å². The van der Waals surface area contributed by atoms with Crippen LogP contribution < -0.4 is 10.1 Å². The Morgan fingerprint density at radius 3 is 2.68 bits per heavy atom. The molecule has 2 aromatic heterocycles. The van der Waals surface area contributed by atoms with Gasteiger partial charge in [0.2, 0.25) is 0 Å². The third-order valence-corrected chi connectivity index (χ3v) is 6.04. The van der Waals surface area contributed by atoms with Crippen LogP contribution in [0.25, 0.3) is 10.8 Å². The van der Waals surface area contributed by atoms with Crippen LogP contribution in [-0.4, -0.2) is 15.7 Å². The minimum Gasteiger partial charge on any atom is -0.485 e. The van der Waals surface area contributed by atoms with Gasteiger partial charge in [0.1, 0.15) is 18.1 Å². The van der Waals surface area contributed by atoms with E-state index >= 15 is 0 Å². The molecule has 1 amide bonds. The quantitative estimate of drug-likeness (QED) is 0.245. The van der Waals surface area contributed by atoms with Crippen molar-refractivity contribution in [3.05, 3.63) is 112 Å². The number of nitrogens with one attached hydrogen (secondary N) is 1. The molecule has 0 fully saturated rings. The number of carbonyl (C=O) groups is 1. The van der Waals surface area contributed by atoms with E-state index in [-0.39, 0.29) is 12.4 Å². The molecule has 0 saturated carbocycles. The molecule has 8 heteroatoms. The summed E-state index contributed by atoms with van der Waals surface area (Å²) in [6.45, 7) is 0.753. The Morgan fingerprint density at radius 1 is 1.03 bits per heavy atom. The van der Waals surface area contributed by atoms with Gasteiger partial charge in [-0.3, -0.25) is 9.48 Å². The monoisotopic (exact) mass is 535 g/mol. The number of nitrogens with zero attached hydrogens (tertiary/aromatic N) is 2. The molecule has 0 bridgehead atoms. The first-order valence-electron chi connectivity index (χ1n) is 10.5. The van der Waals surface area contributed by atoms with Crippen LogP contribution in [0.15, 0.2) is 93.9 Å². The zero-order valence-electron chi connectivity index (χ0n) is 17.9. The van der Waals surface area contributed by atoms with E-state index in [2.05, 4.69) is 26.3 Å². The minimum atomic E-state index is -0.395. The van der Waals surface area contributed by atoms with Crippen molar-refractivity contribution in [2.24, 2.45) is 0 Å². The number of amides is 1. The zero-order chi connectivity index (χ0) is 23.5. The Hall–Kier alpha value is -3.55. The van der Waals surface area contributed by atoms with E-state index in [0.29, 0.717) is 27.6 Å². The maximum atomic E-state index is 12.7. The summed E-state index contributed by atoms with van der Waals surface area (Å²) in [6.07, 6.45) is 1.80. The van der Waals surface area contributed by atoms with Crippen LogP contribution >= 0.6 is 27.5 Å². The number of halogens is 2. The second kappa shape index (κ2) is 9.75. The van der Waals surface area contributed by atoms with E-state index < -0.39 is 5.91 Å². The van der Waals surface area contributed by atoms with Crippen LogP contribution in [0.2, 0.25) is 5.02 Å². The number of furan rings is 1. The maximum Gasteiger partial charge on any atom is 0.292 e. The van der Waals surface area contributed by atoms with Gasteiger partial charge in [0.25, 0.3) is 5.91 Å². The molecular formula is C26H19BrClN3O3. The van der Waals surface area contributed by atoms with Crippen molar-refractivity contribution in [3.8, 4) is 5.75 Å².